The van der Waals surface area contributed by atoms with Gasteiger partial charge in [0, 0.05) is 11.3 Å². The number of benzene rings is 1. The maximum absolute atomic E-state index is 11.1. The van der Waals surface area contributed by atoms with Crippen LogP contribution in [0.1, 0.15) is 11.7 Å². The van der Waals surface area contributed by atoms with Crippen molar-refractivity contribution in [2.45, 2.75) is 6.10 Å². The predicted molar refractivity (Wildman–Crippen MR) is 53.0 cm³/mol. The summed E-state index contributed by atoms with van der Waals surface area (Å²) < 4.78 is 5.11. The van der Waals surface area contributed by atoms with Crippen LogP contribution in [-0.4, -0.2) is 18.4 Å². The highest BCUT2D eigenvalue weighted by atomic mass is 16.6. The smallest absolute Gasteiger partial charge is 0.313 e. The lowest BCUT2D eigenvalue weighted by Crippen LogP contribution is -2.29. The fraction of sp³-hybridized carbons (Fsp3) is 0.200. The maximum atomic E-state index is 11.1. The number of nitrogens with two attached hydrogens (primary N) is 1. The van der Waals surface area contributed by atoms with E-state index in [1.54, 1.807) is 12.1 Å². The molecule has 5 nitrogen and oxygen atoms in total. The third-order valence-electron chi connectivity index (χ3n) is 2.11. The van der Waals surface area contributed by atoms with Gasteiger partial charge in [-0.05, 0) is 6.07 Å². The van der Waals surface area contributed by atoms with Crippen LogP contribution >= 0.6 is 0 Å². The first-order valence-corrected chi connectivity index (χ1v) is 4.50. The lowest BCUT2D eigenvalue weighted by Gasteiger charge is -2.07. The van der Waals surface area contributed by atoms with Gasteiger partial charge in [-0.1, -0.05) is 18.2 Å². The second-order valence-electron chi connectivity index (χ2n) is 3.23. The average molecular weight is 206 g/mol. The topological polar surface area (TPSA) is 84.7 Å². The monoisotopic (exact) mass is 206 g/mol. The first-order valence-electron chi connectivity index (χ1n) is 4.50. The Kier molecular flexibility index (Phi) is 2.39. The molecule has 1 saturated heterocycles. The number of anilines is 1. The van der Waals surface area contributed by atoms with Crippen molar-refractivity contribution in [2.24, 2.45) is 5.73 Å². The highest BCUT2D eigenvalue weighted by Gasteiger charge is 2.27. The zero-order valence-electron chi connectivity index (χ0n) is 7.90. The van der Waals surface area contributed by atoms with Gasteiger partial charge < -0.3 is 15.8 Å². The van der Waals surface area contributed by atoms with Crippen LogP contribution in [0.15, 0.2) is 24.3 Å². The van der Waals surface area contributed by atoms with Crippen LogP contribution in [0.2, 0.25) is 0 Å². The summed E-state index contributed by atoms with van der Waals surface area (Å²) in [6.45, 7) is 0.642. The highest BCUT2D eigenvalue weighted by Crippen LogP contribution is 2.34. The van der Waals surface area contributed by atoms with E-state index in [-0.39, 0.29) is 6.10 Å². The fourth-order valence-electron chi connectivity index (χ4n) is 1.30. The lowest BCUT2D eigenvalue weighted by molar-refractivity contribution is -0.134. The van der Waals surface area contributed by atoms with Crippen LogP contribution in [0, 0.1) is 0 Å². The van der Waals surface area contributed by atoms with E-state index in [0.29, 0.717) is 12.3 Å². The van der Waals surface area contributed by atoms with Gasteiger partial charge in [0.25, 0.3) is 0 Å². The van der Waals surface area contributed by atoms with Crippen LogP contribution < -0.4 is 11.1 Å². The summed E-state index contributed by atoms with van der Waals surface area (Å²) in [6.07, 6.45) is 0.0226. The van der Waals surface area contributed by atoms with E-state index in [9.17, 15) is 9.59 Å². The molecule has 1 aromatic carbocycles. The van der Waals surface area contributed by atoms with Gasteiger partial charge in [0.2, 0.25) is 0 Å². The van der Waals surface area contributed by atoms with Crippen molar-refractivity contribution in [1.29, 1.82) is 0 Å². The van der Waals surface area contributed by atoms with Crippen LogP contribution in [0.25, 0.3) is 0 Å². The molecule has 1 aromatic rings. The van der Waals surface area contributed by atoms with Crippen LogP contribution in [0.3, 0.4) is 0 Å². The Balaban J connectivity index is 2.20. The average Bonchev–Trinajstić information content (AvgIpc) is 3.02. The van der Waals surface area contributed by atoms with Gasteiger partial charge in [-0.25, -0.2) is 0 Å². The molecule has 0 radical (unpaired) electrons. The lowest BCUT2D eigenvalue weighted by atomic mass is 10.1. The minimum absolute atomic E-state index is 0.0226. The number of primary amides is 1. The summed E-state index contributed by atoms with van der Waals surface area (Å²) in [7, 11) is 0. The van der Waals surface area contributed by atoms with Gasteiger partial charge in [-0.15, -0.1) is 0 Å². The van der Waals surface area contributed by atoms with Gasteiger partial charge in [0.05, 0.1) is 6.61 Å². The Morgan fingerprint density at radius 1 is 1.40 bits per heavy atom. The van der Waals surface area contributed by atoms with Crippen molar-refractivity contribution in [3.63, 3.8) is 0 Å². The number of epoxide rings is 1. The minimum Gasteiger partial charge on any atom is -0.368 e. The highest BCUT2D eigenvalue weighted by molar-refractivity contribution is 6.39. The number of para-hydroxylation sites is 1. The molecule has 1 fully saturated rings. The van der Waals surface area contributed by atoms with Gasteiger partial charge in [0.1, 0.15) is 6.10 Å². The van der Waals surface area contributed by atoms with Crippen molar-refractivity contribution in [3.05, 3.63) is 29.8 Å². The minimum atomic E-state index is -0.999. The largest absolute Gasteiger partial charge is 0.368 e. The van der Waals surface area contributed by atoms with Crippen LogP contribution in [0.4, 0.5) is 5.69 Å². The van der Waals surface area contributed by atoms with E-state index in [1.807, 2.05) is 12.1 Å². The first kappa shape index (κ1) is 9.67. The Hall–Kier alpha value is -1.88. The number of nitrogens with one attached hydrogen (secondary N) is 1. The normalized spacial score (nSPS) is 18.3. The van der Waals surface area contributed by atoms with E-state index >= 15 is 0 Å². The summed E-state index contributed by atoms with van der Waals surface area (Å²) in [6, 6.07) is 7.16. The fourth-order valence-corrected chi connectivity index (χ4v) is 1.30. The molecule has 3 N–H and O–H groups in total. The van der Waals surface area contributed by atoms with Crippen molar-refractivity contribution in [3.8, 4) is 0 Å². The van der Waals surface area contributed by atoms with E-state index < -0.39 is 11.8 Å². The summed E-state index contributed by atoms with van der Waals surface area (Å²) >= 11 is 0. The summed E-state index contributed by atoms with van der Waals surface area (Å²) in [5, 5.41) is 2.44. The Labute approximate surface area is 86.2 Å². The van der Waals surface area contributed by atoms with Crippen molar-refractivity contribution >= 4 is 17.5 Å². The number of amides is 2. The van der Waals surface area contributed by atoms with Gasteiger partial charge >= 0.3 is 11.8 Å². The standard InChI is InChI=1S/C10H10N2O3/c11-9(13)10(14)12-7-4-2-1-3-6(7)8-5-15-8/h1-4,8H,5H2,(H2,11,13)(H,12,14). The first-order chi connectivity index (χ1) is 7.18. The Bertz CT molecular complexity index is 413. The van der Waals surface area contributed by atoms with E-state index in [1.165, 1.54) is 0 Å². The van der Waals surface area contributed by atoms with Gasteiger partial charge in [0.15, 0.2) is 0 Å². The molecule has 78 valence electrons. The molecular weight excluding hydrogens is 196 g/mol. The van der Waals surface area contributed by atoms with E-state index in [2.05, 4.69) is 5.32 Å². The summed E-state index contributed by atoms with van der Waals surface area (Å²) in [5.41, 5.74) is 6.28. The van der Waals surface area contributed by atoms with Crippen LogP contribution in [0.5, 0.6) is 0 Å². The molecular formula is C10H10N2O3. The predicted octanol–water partition coefficient (Wildman–Crippen LogP) is 0.182. The molecule has 0 bridgehead atoms. The number of carbonyl (C=O) groups is 2. The number of carbonyl (C=O) groups excluding carboxylic acids is 2. The number of hydrogen-bond acceptors (Lipinski definition) is 3. The van der Waals surface area contributed by atoms with Gasteiger partial charge in [-0.2, -0.15) is 0 Å². The SMILES string of the molecule is NC(=O)C(=O)Nc1ccccc1C1CO1. The Morgan fingerprint density at radius 2 is 2.07 bits per heavy atom. The second-order valence-corrected chi connectivity index (χ2v) is 3.23. The molecule has 15 heavy (non-hydrogen) atoms. The molecule has 0 spiro atoms. The second kappa shape index (κ2) is 3.70. The zero-order valence-corrected chi connectivity index (χ0v) is 7.90. The number of hydrogen-bond donors (Lipinski definition) is 2. The van der Waals surface area contributed by atoms with E-state index in [4.69, 9.17) is 10.5 Å². The quantitative estimate of drug-likeness (QED) is 0.534. The van der Waals surface area contributed by atoms with Crippen LogP contribution in [-0.2, 0) is 14.3 Å². The zero-order chi connectivity index (χ0) is 10.8. The molecule has 1 unspecified atom stereocenters. The molecule has 1 heterocycles. The molecule has 5 heteroatoms. The molecule has 1 atom stereocenters. The maximum Gasteiger partial charge on any atom is 0.313 e. The van der Waals surface area contributed by atoms with Crippen molar-refractivity contribution < 1.29 is 14.3 Å². The number of rotatable bonds is 2. The third-order valence-corrected chi connectivity index (χ3v) is 2.11. The Morgan fingerprint density at radius 3 is 2.67 bits per heavy atom. The molecule has 0 saturated carbocycles. The molecule has 1 aliphatic rings. The van der Waals surface area contributed by atoms with Crippen molar-refractivity contribution in [1.82, 2.24) is 0 Å². The molecule has 0 aromatic heterocycles. The molecule has 2 rings (SSSR count). The molecule has 0 aliphatic carbocycles. The molecule has 2 amide bonds. The number of ether oxygens (including phenoxy) is 1. The summed E-state index contributed by atoms with van der Waals surface area (Å²) in [4.78, 5) is 21.7. The van der Waals surface area contributed by atoms with Gasteiger partial charge in [-0.3, -0.25) is 9.59 Å². The van der Waals surface area contributed by atoms with E-state index in [0.717, 1.165) is 5.56 Å². The van der Waals surface area contributed by atoms with Crippen molar-refractivity contribution in [2.75, 3.05) is 11.9 Å². The summed E-state index contributed by atoms with van der Waals surface area (Å²) in [5.74, 6) is -1.82. The third kappa shape index (κ3) is 2.13. The molecule has 1 aliphatic heterocycles.